The standard InChI is InChI=1S/C12H14N4O2S/c13-11-10-7(8-2-1-5-19-8)6-9(18)14-12(10)16(15-11)3-4-17/h1-2,5,7,17H,3-4,6H2,(H2,13,15)(H,14,18). The number of hydrogen-bond donors (Lipinski definition) is 3. The van der Waals surface area contributed by atoms with Gasteiger partial charge < -0.3 is 16.2 Å². The lowest BCUT2D eigenvalue weighted by Crippen LogP contribution is -2.25. The quantitative estimate of drug-likeness (QED) is 0.780. The van der Waals surface area contributed by atoms with Gasteiger partial charge in [0, 0.05) is 22.8 Å². The van der Waals surface area contributed by atoms with E-state index in [9.17, 15) is 4.79 Å². The number of nitrogens with one attached hydrogen (secondary N) is 1. The molecule has 1 aliphatic rings. The highest BCUT2D eigenvalue weighted by molar-refractivity contribution is 7.10. The largest absolute Gasteiger partial charge is 0.394 e. The first-order valence-corrected chi connectivity index (χ1v) is 6.89. The Labute approximate surface area is 113 Å². The van der Waals surface area contributed by atoms with Crippen LogP contribution >= 0.6 is 11.3 Å². The zero-order valence-corrected chi connectivity index (χ0v) is 11.0. The zero-order chi connectivity index (χ0) is 13.4. The molecule has 1 atom stereocenters. The van der Waals surface area contributed by atoms with Gasteiger partial charge >= 0.3 is 0 Å². The Hall–Kier alpha value is -1.86. The van der Waals surface area contributed by atoms with Crippen molar-refractivity contribution in [3.05, 3.63) is 28.0 Å². The molecule has 0 aliphatic carbocycles. The lowest BCUT2D eigenvalue weighted by molar-refractivity contribution is -0.116. The van der Waals surface area contributed by atoms with Gasteiger partial charge in [0.25, 0.3) is 0 Å². The second kappa shape index (κ2) is 4.67. The molecule has 0 saturated carbocycles. The van der Waals surface area contributed by atoms with E-state index in [-0.39, 0.29) is 18.4 Å². The maximum atomic E-state index is 11.8. The highest BCUT2D eigenvalue weighted by Crippen LogP contribution is 2.41. The second-order valence-corrected chi connectivity index (χ2v) is 5.39. The maximum absolute atomic E-state index is 11.8. The molecule has 2 aromatic rings. The average molecular weight is 278 g/mol. The number of thiophene rings is 1. The molecule has 3 heterocycles. The van der Waals surface area contributed by atoms with Crippen molar-refractivity contribution in [3.63, 3.8) is 0 Å². The SMILES string of the molecule is Nc1nn(CCO)c2c1C(c1cccs1)CC(=O)N2. The molecule has 4 N–H and O–H groups in total. The van der Waals surface area contributed by atoms with E-state index in [1.165, 1.54) is 0 Å². The molecule has 19 heavy (non-hydrogen) atoms. The number of fused-ring (bicyclic) bond motifs is 1. The van der Waals surface area contributed by atoms with Crippen molar-refractivity contribution in [2.24, 2.45) is 0 Å². The van der Waals surface area contributed by atoms with Crippen LogP contribution < -0.4 is 11.1 Å². The molecule has 6 nitrogen and oxygen atoms in total. The van der Waals surface area contributed by atoms with Crippen LogP contribution in [-0.2, 0) is 11.3 Å². The summed E-state index contributed by atoms with van der Waals surface area (Å²) in [7, 11) is 0. The summed E-state index contributed by atoms with van der Waals surface area (Å²) in [5.41, 5.74) is 6.83. The van der Waals surface area contributed by atoms with Crippen molar-refractivity contribution in [1.29, 1.82) is 0 Å². The summed E-state index contributed by atoms with van der Waals surface area (Å²) < 4.78 is 1.56. The van der Waals surface area contributed by atoms with E-state index in [2.05, 4.69) is 10.4 Å². The summed E-state index contributed by atoms with van der Waals surface area (Å²) in [6.45, 7) is 0.268. The third-order valence-electron chi connectivity index (χ3n) is 3.21. The highest BCUT2D eigenvalue weighted by atomic mass is 32.1. The van der Waals surface area contributed by atoms with Crippen molar-refractivity contribution in [2.75, 3.05) is 17.7 Å². The van der Waals surface area contributed by atoms with Crippen LogP contribution in [0.3, 0.4) is 0 Å². The van der Waals surface area contributed by atoms with Crippen LogP contribution in [0.15, 0.2) is 17.5 Å². The molecule has 7 heteroatoms. The van der Waals surface area contributed by atoms with Crippen molar-refractivity contribution in [1.82, 2.24) is 9.78 Å². The predicted octanol–water partition coefficient (Wildman–Crippen LogP) is 0.993. The summed E-state index contributed by atoms with van der Waals surface area (Å²) in [6, 6.07) is 3.96. The number of carbonyl (C=O) groups excluding carboxylic acids is 1. The number of anilines is 2. The summed E-state index contributed by atoms with van der Waals surface area (Å²) in [6.07, 6.45) is 0.378. The van der Waals surface area contributed by atoms with Crippen molar-refractivity contribution in [2.45, 2.75) is 18.9 Å². The minimum Gasteiger partial charge on any atom is -0.394 e. The number of rotatable bonds is 3. The molecule has 1 amide bonds. The molecular weight excluding hydrogens is 264 g/mol. The van der Waals surface area contributed by atoms with Gasteiger partial charge in [0.2, 0.25) is 5.91 Å². The number of nitrogens with two attached hydrogens (primary N) is 1. The first-order chi connectivity index (χ1) is 9.20. The Bertz CT molecular complexity index is 606. The summed E-state index contributed by atoms with van der Waals surface area (Å²) in [4.78, 5) is 12.9. The van der Waals surface area contributed by atoms with Crippen LogP contribution in [0.2, 0.25) is 0 Å². The van der Waals surface area contributed by atoms with Crippen LogP contribution in [0.4, 0.5) is 11.6 Å². The fourth-order valence-corrected chi connectivity index (χ4v) is 3.27. The Morgan fingerprint density at radius 2 is 2.47 bits per heavy atom. The molecule has 3 rings (SSSR count). The zero-order valence-electron chi connectivity index (χ0n) is 10.2. The molecule has 0 bridgehead atoms. The van der Waals surface area contributed by atoms with Crippen molar-refractivity contribution >= 4 is 28.9 Å². The van der Waals surface area contributed by atoms with Crippen LogP contribution in [0, 0.1) is 0 Å². The number of carbonyl (C=O) groups is 1. The first-order valence-electron chi connectivity index (χ1n) is 6.01. The maximum Gasteiger partial charge on any atom is 0.226 e. The Balaban J connectivity index is 2.10. The smallest absolute Gasteiger partial charge is 0.226 e. The lowest BCUT2D eigenvalue weighted by Gasteiger charge is -2.22. The number of aromatic nitrogens is 2. The molecule has 0 fully saturated rings. The van der Waals surface area contributed by atoms with Crippen LogP contribution in [0.25, 0.3) is 0 Å². The van der Waals surface area contributed by atoms with E-state index >= 15 is 0 Å². The number of nitrogen functional groups attached to an aromatic ring is 1. The van der Waals surface area contributed by atoms with Crippen LogP contribution in [0.1, 0.15) is 22.8 Å². The topological polar surface area (TPSA) is 93.2 Å². The Kier molecular flexibility index (Phi) is 3.00. The van der Waals surface area contributed by atoms with E-state index in [1.54, 1.807) is 16.0 Å². The monoisotopic (exact) mass is 278 g/mol. The number of aliphatic hydroxyl groups is 1. The van der Waals surface area contributed by atoms with Gasteiger partial charge in [-0.1, -0.05) is 6.07 Å². The fraction of sp³-hybridized carbons (Fsp3) is 0.333. The average Bonchev–Trinajstić information content (AvgIpc) is 2.99. The third kappa shape index (κ3) is 2.00. The Morgan fingerprint density at radius 1 is 1.63 bits per heavy atom. The van der Waals surface area contributed by atoms with Gasteiger partial charge in [-0.25, -0.2) is 4.68 Å². The lowest BCUT2D eigenvalue weighted by atomic mass is 9.92. The first kappa shape index (κ1) is 12.2. The molecule has 1 unspecified atom stereocenters. The number of amides is 1. The minimum absolute atomic E-state index is 0.0452. The minimum atomic E-state index is -0.0509. The van der Waals surface area contributed by atoms with Gasteiger partial charge in [-0.15, -0.1) is 11.3 Å². The Morgan fingerprint density at radius 3 is 3.16 bits per heavy atom. The molecule has 1 aliphatic heterocycles. The van der Waals surface area contributed by atoms with Gasteiger partial charge in [0.15, 0.2) is 5.82 Å². The van der Waals surface area contributed by atoms with Crippen LogP contribution in [-0.4, -0.2) is 27.4 Å². The van der Waals surface area contributed by atoms with Gasteiger partial charge in [-0.3, -0.25) is 4.79 Å². The van der Waals surface area contributed by atoms with E-state index in [4.69, 9.17) is 10.8 Å². The van der Waals surface area contributed by atoms with Gasteiger partial charge in [0.1, 0.15) is 5.82 Å². The molecule has 0 spiro atoms. The number of hydrogen-bond acceptors (Lipinski definition) is 5. The van der Waals surface area contributed by atoms with Gasteiger partial charge in [-0.2, -0.15) is 5.10 Å². The third-order valence-corrected chi connectivity index (χ3v) is 4.20. The normalized spacial score (nSPS) is 18.2. The molecule has 100 valence electrons. The van der Waals surface area contributed by atoms with E-state index < -0.39 is 0 Å². The molecule has 0 aromatic carbocycles. The summed E-state index contributed by atoms with van der Waals surface area (Å²) in [5, 5.41) is 18.0. The van der Waals surface area contributed by atoms with Crippen molar-refractivity contribution in [3.8, 4) is 0 Å². The molecule has 2 aromatic heterocycles. The van der Waals surface area contributed by atoms with Crippen LogP contribution in [0.5, 0.6) is 0 Å². The highest BCUT2D eigenvalue weighted by Gasteiger charge is 2.33. The van der Waals surface area contributed by atoms with Gasteiger partial charge in [0.05, 0.1) is 13.2 Å². The predicted molar refractivity (Wildman–Crippen MR) is 73.1 cm³/mol. The van der Waals surface area contributed by atoms with E-state index in [0.717, 1.165) is 10.4 Å². The van der Waals surface area contributed by atoms with E-state index in [0.29, 0.717) is 24.6 Å². The van der Waals surface area contributed by atoms with Crippen molar-refractivity contribution < 1.29 is 9.90 Å². The summed E-state index contributed by atoms with van der Waals surface area (Å²) >= 11 is 1.60. The second-order valence-electron chi connectivity index (χ2n) is 4.41. The molecular formula is C12H14N4O2S. The number of nitrogens with zero attached hydrogens (tertiary/aromatic N) is 2. The van der Waals surface area contributed by atoms with E-state index in [1.807, 2.05) is 17.5 Å². The molecule has 0 saturated heterocycles. The fourth-order valence-electron chi connectivity index (χ4n) is 2.43. The number of aliphatic hydroxyl groups excluding tert-OH is 1. The van der Waals surface area contributed by atoms with Gasteiger partial charge in [-0.05, 0) is 11.4 Å². The molecule has 0 radical (unpaired) electrons. The summed E-state index contributed by atoms with van der Waals surface area (Å²) in [5.74, 6) is 0.934.